The number of rotatable bonds is 9. The van der Waals surface area contributed by atoms with Crippen LogP contribution in [0.4, 0.5) is 10.2 Å². The highest BCUT2D eigenvalue weighted by Gasteiger charge is 2.56. The molecule has 0 radical (unpaired) electrons. The van der Waals surface area contributed by atoms with Crippen molar-refractivity contribution in [3.63, 3.8) is 0 Å². The Bertz CT molecular complexity index is 1120. The first-order valence-electron chi connectivity index (χ1n) is 10.2. The fourth-order valence-corrected chi connectivity index (χ4v) is 4.81. The average Bonchev–Trinajstić information content (AvgIpc) is 3.01. The summed E-state index contributed by atoms with van der Waals surface area (Å²) < 4.78 is 50.7. The van der Waals surface area contributed by atoms with E-state index in [9.17, 15) is 19.3 Å². The zero-order chi connectivity index (χ0) is 25.1. The van der Waals surface area contributed by atoms with Crippen molar-refractivity contribution < 1.29 is 37.4 Å². The van der Waals surface area contributed by atoms with Crippen LogP contribution in [-0.4, -0.2) is 58.3 Å². The molecule has 2 heterocycles. The molecule has 4 N–H and O–H groups in total. The average molecular weight is 500 g/mol. The Morgan fingerprint density at radius 1 is 1.41 bits per heavy atom. The highest BCUT2D eigenvalue weighted by atomic mass is 31.2. The molecular formula is C20H26FN4O8P. The molecule has 0 aliphatic carbocycles. The van der Waals surface area contributed by atoms with Gasteiger partial charge in [0.25, 0.3) is 0 Å². The van der Waals surface area contributed by atoms with Gasteiger partial charge in [-0.1, -0.05) is 18.2 Å². The van der Waals surface area contributed by atoms with Gasteiger partial charge in [-0.3, -0.25) is 13.9 Å². The SMILES string of the molecule is COC(=O)[C@H](C)NP(=O)(OC[C@H]1O[C@@H](n2ccc(N)nc2=O)C(C)(F)[C@@H]1O)Oc1ccccc1. The minimum Gasteiger partial charge on any atom is -0.468 e. The third kappa shape index (κ3) is 5.62. The minimum absolute atomic E-state index is 0.0648. The minimum atomic E-state index is -4.25. The van der Waals surface area contributed by atoms with E-state index in [1.165, 1.54) is 31.3 Å². The number of nitrogen functional groups attached to an aromatic ring is 1. The van der Waals surface area contributed by atoms with E-state index in [0.29, 0.717) is 0 Å². The Balaban J connectivity index is 1.80. The Hall–Kier alpha value is -2.83. The van der Waals surface area contributed by atoms with Gasteiger partial charge in [-0.25, -0.2) is 13.8 Å². The van der Waals surface area contributed by atoms with Crippen molar-refractivity contribution in [3.05, 3.63) is 53.1 Å². The molecule has 1 fully saturated rings. The van der Waals surface area contributed by atoms with Crippen LogP contribution in [-0.2, 0) is 23.4 Å². The standard InChI is InChI=1S/C20H26FN4O8P/c1-12(17(27)30-3)24-34(29,33-13-7-5-4-6-8-13)31-11-14-16(26)20(2,21)18(32-14)25-10-9-15(22)23-19(25)28/h4-10,12,14,16,18,26H,11H2,1-3H3,(H,24,29)(H2,22,23,28)/t12-,14+,16+,18+,20?,34?/m0/s1. The van der Waals surface area contributed by atoms with Crippen LogP contribution < -0.4 is 21.0 Å². The second kappa shape index (κ2) is 10.2. The normalized spacial score (nSPS) is 27.0. The molecule has 0 bridgehead atoms. The topological polar surface area (TPSA) is 164 Å². The van der Waals surface area contributed by atoms with E-state index < -0.39 is 56.2 Å². The molecule has 0 spiro atoms. The molecule has 1 saturated heterocycles. The van der Waals surface area contributed by atoms with Crippen LogP contribution in [0.25, 0.3) is 0 Å². The van der Waals surface area contributed by atoms with Crippen LogP contribution in [0.15, 0.2) is 47.4 Å². The summed E-state index contributed by atoms with van der Waals surface area (Å²) in [5, 5.41) is 13.0. The molecule has 6 atom stereocenters. The Kier molecular flexibility index (Phi) is 7.74. The first-order valence-corrected chi connectivity index (χ1v) is 11.7. The lowest BCUT2D eigenvalue weighted by atomic mass is 9.98. The van der Waals surface area contributed by atoms with Crippen LogP contribution in [0, 0.1) is 0 Å². The Morgan fingerprint density at radius 2 is 2.09 bits per heavy atom. The maximum Gasteiger partial charge on any atom is 0.459 e. The molecule has 0 amide bonds. The molecule has 14 heteroatoms. The van der Waals surface area contributed by atoms with E-state index in [4.69, 9.17) is 19.5 Å². The van der Waals surface area contributed by atoms with Crippen LogP contribution in [0.5, 0.6) is 5.75 Å². The first-order chi connectivity index (χ1) is 16.0. The zero-order valence-electron chi connectivity index (χ0n) is 18.7. The largest absolute Gasteiger partial charge is 0.468 e. The van der Waals surface area contributed by atoms with Gasteiger partial charge in [0.2, 0.25) is 0 Å². The third-order valence-electron chi connectivity index (χ3n) is 5.11. The number of hydrogen-bond donors (Lipinski definition) is 3. The summed E-state index contributed by atoms with van der Waals surface area (Å²) in [7, 11) is -3.10. The fourth-order valence-electron chi connectivity index (χ4n) is 3.30. The summed E-state index contributed by atoms with van der Waals surface area (Å²) in [4.78, 5) is 27.5. The Morgan fingerprint density at radius 3 is 2.71 bits per heavy atom. The first kappa shape index (κ1) is 25.8. The van der Waals surface area contributed by atoms with Gasteiger partial charge < -0.3 is 24.8 Å². The number of nitrogens with one attached hydrogen (secondary N) is 1. The molecule has 34 heavy (non-hydrogen) atoms. The van der Waals surface area contributed by atoms with E-state index in [-0.39, 0.29) is 11.6 Å². The highest BCUT2D eigenvalue weighted by Crippen LogP contribution is 2.47. The number of benzene rings is 1. The van der Waals surface area contributed by atoms with Gasteiger partial charge in [-0.2, -0.15) is 10.1 Å². The number of halogens is 1. The summed E-state index contributed by atoms with van der Waals surface area (Å²) in [6.07, 6.45) is -3.50. The number of esters is 1. The van der Waals surface area contributed by atoms with E-state index >= 15 is 4.39 Å². The van der Waals surface area contributed by atoms with Gasteiger partial charge in [0.05, 0.1) is 13.7 Å². The molecule has 2 unspecified atom stereocenters. The second-order valence-corrected chi connectivity index (χ2v) is 9.43. The lowest BCUT2D eigenvalue weighted by Gasteiger charge is -2.25. The summed E-state index contributed by atoms with van der Waals surface area (Å²) in [5.74, 6) is -0.634. The molecule has 0 saturated carbocycles. The number of aromatic nitrogens is 2. The second-order valence-electron chi connectivity index (χ2n) is 7.74. The van der Waals surface area contributed by atoms with Crippen molar-refractivity contribution >= 4 is 19.5 Å². The van der Waals surface area contributed by atoms with Crippen molar-refractivity contribution in [3.8, 4) is 5.75 Å². The van der Waals surface area contributed by atoms with Crippen LogP contribution in [0.2, 0.25) is 0 Å². The van der Waals surface area contributed by atoms with Crippen LogP contribution in [0.3, 0.4) is 0 Å². The number of aliphatic hydroxyl groups excluding tert-OH is 1. The lowest BCUT2D eigenvalue weighted by molar-refractivity contribution is -0.142. The number of alkyl halides is 1. The third-order valence-corrected chi connectivity index (χ3v) is 6.75. The molecule has 1 aromatic heterocycles. The molecule has 3 rings (SSSR count). The predicted molar refractivity (Wildman–Crippen MR) is 118 cm³/mol. The van der Waals surface area contributed by atoms with E-state index in [1.807, 2.05) is 0 Å². The van der Waals surface area contributed by atoms with E-state index in [1.54, 1.807) is 18.2 Å². The van der Waals surface area contributed by atoms with Gasteiger partial charge >= 0.3 is 19.4 Å². The quantitative estimate of drug-likeness (QED) is 0.334. The van der Waals surface area contributed by atoms with E-state index in [2.05, 4.69) is 14.8 Å². The van der Waals surface area contributed by atoms with Gasteiger partial charge in [0.15, 0.2) is 11.9 Å². The number of hydrogen-bond acceptors (Lipinski definition) is 10. The fraction of sp³-hybridized carbons (Fsp3) is 0.450. The molecular weight excluding hydrogens is 474 g/mol. The predicted octanol–water partition coefficient (Wildman–Crippen LogP) is 1.17. The summed E-state index contributed by atoms with van der Waals surface area (Å²) >= 11 is 0. The number of carbonyl (C=O) groups is 1. The molecule has 1 aliphatic rings. The molecule has 1 aliphatic heterocycles. The number of anilines is 1. The zero-order valence-corrected chi connectivity index (χ0v) is 19.6. The Labute approximate surface area is 194 Å². The molecule has 12 nitrogen and oxygen atoms in total. The lowest BCUT2D eigenvalue weighted by Crippen LogP contribution is -2.43. The van der Waals surface area contributed by atoms with Gasteiger partial charge in [0.1, 0.15) is 29.8 Å². The summed E-state index contributed by atoms with van der Waals surface area (Å²) in [6.45, 7) is 1.81. The molecule has 186 valence electrons. The van der Waals surface area contributed by atoms with Gasteiger partial charge in [0, 0.05) is 6.20 Å². The highest BCUT2D eigenvalue weighted by molar-refractivity contribution is 7.52. The number of nitrogens with zero attached hydrogens (tertiary/aromatic N) is 2. The van der Waals surface area contributed by atoms with Gasteiger partial charge in [-0.15, -0.1) is 0 Å². The van der Waals surface area contributed by atoms with Crippen molar-refractivity contribution in [2.75, 3.05) is 19.5 Å². The summed E-state index contributed by atoms with van der Waals surface area (Å²) in [6, 6.07) is 8.18. The van der Waals surface area contributed by atoms with Crippen molar-refractivity contribution in [2.24, 2.45) is 0 Å². The smallest absolute Gasteiger partial charge is 0.459 e. The summed E-state index contributed by atoms with van der Waals surface area (Å²) in [5.41, 5.74) is 2.15. The molecule has 1 aromatic carbocycles. The number of carbonyl (C=O) groups excluding carboxylic acids is 1. The number of ether oxygens (including phenoxy) is 2. The van der Waals surface area contributed by atoms with Crippen molar-refractivity contribution in [2.45, 2.75) is 44.0 Å². The number of nitrogens with two attached hydrogens (primary N) is 1. The van der Waals surface area contributed by atoms with Gasteiger partial charge in [-0.05, 0) is 32.0 Å². The maximum absolute atomic E-state index is 15.4. The number of para-hydroxylation sites is 1. The number of methoxy groups -OCH3 is 1. The molecule has 2 aromatic rings. The number of aliphatic hydroxyl groups is 1. The van der Waals surface area contributed by atoms with E-state index in [0.717, 1.165) is 18.6 Å². The van der Waals surface area contributed by atoms with Crippen LogP contribution >= 0.6 is 7.75 Å². The maximum atomic E-state index is 15.4. The van der Waals surface area contributed by atoms with Crippen molar-refractivity contribution in [1.82, 2.24) is 14.6 Å². The van der Waals surface area contributed by atoms with Crippen molar-refractivity contribution in [1.29, 1.82) is 0 Å². The van der Waals surface area contributed by atoms with Crippen LogP contribution in [0.1, 0.15) is 20.1 Å². The monoisotopic (exact) mass is 500 g/mol.